The van der Waals surface area contributed by atoms with Crippen molar-refractivity contribution in [1.82, 2.24) is 44.9 Å². The lowest BCUT2D eigenvalue weighted by Gasteiger charge is -2.38. The maximum absolute atomic E-state index is 12.5. The van der Waals surface area contributed by atoms with Crippen molar-refractivity contribution in [3.63, 3.8) is 0 Å². The fourth-order valence-electron chi connectivity index (χ4n) is 5.88. The number of hydrogen-bond acceptors (Lipinski definition) is 12. The number of aromatic nitrogens is 8. The number of nitrogens with zero attached hydrogens (tertiary/aromatic N) is 9. The van der Waals surface area contributed by atoms with Crippen molar-refractivity contribution in [2.45, 2.75) is 64.0 Å². The molecule has 14 nitrogen and oxygen atoms in total. The van der Waals surface area contributed by atoms with Gasteiger partial charge in [0.25, 0.3) is 5.88 Å². The minimum atomic E-state index is -2.87. The second kappa shape index (κ2) is 15.7. The maximum atomic E-state index is 12.5. The summed E-state index contributed by atoms with van der Waals surface area (Å²) in [4.78, 5) is 11.5. The molecule has 1 atom stereocenters. The highest BCUT2D eigenvalue weighted by atomic mass is 35.5. The molecule has 47 heavy (non-hydrogen) atoms. The number of morpholine rings is 1. The molecule has 0 amide bonds. The van der Waals surface area contributed by atoms with Crippen LogP contribution in [0.4, 0.5) is 20.4 Å². The standard InChI is InChI=1S/C30H37ClF2N10O4/c1-20(17-42-19-36-39-40-42)47-27-14-21(2-7-25(27)31)22-15-34-30(35-16-22)37-26-18-43(38-28(26)45-12-13-46-29(32)33)24-5-3-23(4-6-24)41-8-10-44-11-9-41/h2,7,14-16,18-20,23-24,29H,3-6,8-13,17H2,1H3,(H,34,35,37)/t20-,23-,24-/m0/s1. The van der Waals surface area contributed by atoms with Gasteiger partial charge in [-0.2, -0.15) is 8.78 Å². The van der Waals surface area contributed by atoms with Gasteiger partial charge in [-0.3, -0.25) is 9.58 Å². The molecule has 1 saturated heterocycles. The van der Waals surface area contributed by atoms with E-state index < -0.39 is 6.61 Å². The lowest BCUT2D eigenvalue weighted by Crippen LogP contribution is -2.45. The number of anilines is 2. The van der Waals surface area contributed by atoms with Crippen LogP contribution < -0.4 is 14.8 Å². The second-order valence-corrected chi connectivity index (χ2v) is 11.9. The molecule has 0 radical (unpaired) electrons. The highest BCUT2D eigenvalue weighted by molar-refractivity contribution is 6.32. The molecule has 1 saturated carbocycles. The van der Waals surface area contributed by atoms with Crippen LogP contribution >= 0.6 is 11.6 Å². The third kappa shape index (κ3) is 8.88. The van der Waals surface area contributed by atoms with Gasteiger partial charge >= 0.3 is 6.61 Å². The lowest BCUT2D eigenvalue weighted by atomic mass is 9.90. The van der Waals surface area contributed by atoms with Crippen molar-refractivity contribution in [1.29, 1.82) is 0 Å². The summed E-state index contributed by atoms with van der Waals surface area (Å²) >= 11 is 6.42. The molecule has 0 unspecified atom stereocenters. The molecule has 4 heterocycles. The Morgan fingerprint density at radius 2 is 1.81 bits per heavy atom. The fourth-order valence-corrected chi connectivity index (χ4v) is 6.04. The Kier molecular flexibility index (Phi) is 11.0. The van der Waals surface area contributed by atoms with E-state index in [1.165, 1.54) is 6.33 Å². The zero-order valence-corrected chi connectivity index (χ0v) is 26.7. The molecule has 4 aromatic rings. The largest absolute Gasteiger partial charge is 0.487 e. The number of ether oxygens (including phenoxy) is 4. The molecule has 17 heteroatoms. The van der Waals surface area contributed by atoms with Gasteiger partial charge in [0.15, 0.2) is 0 Å². The molecular weight excluding hydrogens is 638 g/mol. The van der Waals surface area contributed by atoms with Crippen LogP contribution in [0.25, 0.3) is 11.1 Å². The molecule has 252 valence electrons. The number of hydrogen-bond donors (Lipinski definition) is 1. The first-order chi connectivity index (χ1) is 22.9. The molecular formula is C30H37ClF2N10O4. The maximum Gasteiger partial charge on any atom is 0.345 e. The molecule has 1 aromatic carbocycles. The van der Waals surface area contributed by atoms with Gasteiger partial charge in [0.2, 0.25) is 5.95 Å². The van der Waals surface area contributed by atoms with Gasteiger partial charge in [0, 0.05) is 37.1 Å². The third-order valence-corrected chi connectivity index (χ3v) is 8.51. The Hall–Kier alpha value is -3.99. The van der Waals surface area contributed by atoms with Crippen molar-refractivity contribution in [2.75, 3.05) is 44.8 Å². The van der Waals surface area contributed by atoms with Gasteiger partial charge in [-0.05, 0) is 60.7 Å². The predicted octanol–water partition coefficient (Wildman–Crippen LogP) is 4.63. The van der Waals surface area contributed by atoms with Crippen LogP contribution in [0.2, 0.25) is 5.02 Å². The van der Waals surface area contributed by atoms with E-state index in [4.69, 9.17) is 25.8 Å². The van der Waals surface area contributed by atoms with Crippen molar-refractivity contribution in [3.05, 3.63) is 48.1 Å². The summed E-state index contributed by atoms with van der Waals surface area (Å²) in [5.41, 5.74) is 2.09. The summed E-state index contributed by atoms with van der Waals surface area (Å²) in [6.07, 6.45) is 10.6. The van der Waals surface area contributed by atoms with E-state index in [0.29, 0.717) is 35.0 Å². The van der Waals surface area contributed by atoms with Crippen LogP contribution in [-0.4, -0.2) is 103 Å². The number of rotatable bonds is 14. The number of tetrazole rings is 1. The molecule has 6 rings (SSSR count). The van der Waals surface area contributed by atoms with E-state index in [2.05, 4.69) is 45.5 Å². The predicted molar refractivity (Wildman–Crippen MR) is 167 cm³/mol. The van der Waals surface area contributed by atoms with Crippen LogP contribution in [0.3, 0.4) is 0 Å². The first-order valence-corrected chi connectivity index (χ1v) is 16.0. The minimum Gasteiger partial charge on any atom is -0.487 e. The highest BCUT2D eigenvalue weighted by Gasteiger charge is 2.29. The SMILES string of the molecule is C[C@@H](Cn1cnnn1)Oc1cc(-c2cnc(Nc3cn([C@H]4CC[C@H](N5CCOCC5)CC4)nc3OCCOC(F)F)nc2)ccc1Cl. The summed E-state index contributed by atoms with van der Waals surface area (Å²) in [5.74, 6) is 1.09. The molecule has 2 aliphatic rings. The summed E-state index contributed by atoms with van der Waals surface area (Å²) < 4.78 is 50.2. The van der Waals surface area contributed by atoms with E-state index in [1.54, 1.807) is 23.1 Å². The van der Waals surface area contributed by atoms with Gasteiger partial charge in [-0.1, -0.05) is 17.7 Å². The van der Waals surface area contributed by atoms with E-state index >= 15 is 0 Å². The second-order valence-electron chi connectivity index (χ2n) is 11.4. The number of nitrogens with one attached hydrogen (secondary N) is 1. The summed E-state index contributed by atoms with van der Waals surface area (Å²) in [7, 11) is 0. The van der Waals surface area contributed by atoms with E-state index in [9.17, 15) is 8.78 Å². The monoisotopic (exact) mass is 674 g/mol. The Labute approximate surface area is 275 Å². The summed E-state index contributed by atoms with van der Waals surface area (Å²) in [6.45, 7) is 2.63. The first-order valence-electron chi connectivity index (χ1n) is 15.6. The van der Waals surface area contributed by atoms with Gasteiger partial charge in [0.05, 0.1) is 43.6 Å². The van der Waals surface area contributed by atoms with Crippen LogP contribution in [0.15, 0.2) is 43.1 Å². The first kappa shape index (κ1) is 32.9. The molecule has 0 spiro atoms. The summed E-state index contributed by atoms with van der Waals surface area (Å²) in [5, 5.41) is 19.5. The Morgan fingerprint density at radius 1 is 1.04 bits per heavy atom. The average molecular weight is 675 g/mol. The number of alkyl halides is 2. The normalized spacial score (nSPS) is 19.5. The minimum absolute atomic E-state index is 0.0884. The Morgan fingerprint density at radius 3 is 2.53 bits per heavy atom. The van der Waals surface area contributed by atoms with Crippen molar-refractivity contribution < 1.29 is 27.7 Å². The zero-order valence-electron chi connectivity index (χ0n) is 25.9. The molecule has 0 bridgehead atoms. The molecule has 2 fully saturated rings. The molecule has 1 aliphatic carbocycles. The highest BCUT2D eigenvalue weighted by Crippen LogP contribution is 2.35. The van der Waals surface area contributed by atoms with Gasteiger partial charge < -0.3 is 24.3 Å². The lowest BCUT2D eigenvalue weighted by molar-refractivity contribution is -0.133. The quantitative estimate of drug-likeness (QED) is 0.187. The van der Waals surface area contributed by atoms with Gasteiger partial charge in [-0.15, -0.1) is 10.2 Å². The number of benzene rings is 1. The fraction of sp³-hybridized carbons (Fsp3) is 0.533. The van der Waals surface area contributed by atoms with Crippen molar-refractivity contribution in [3.8, 4) is 22.8 Å². The average Bonchev–Trinajstić information content (AvgIpc) is 3.75. The topological polar surface area (TPSA) is 139 Å². The molecule has 1 N–H and O–H groups in total. The van der Waals surface area contributed by atoms with Crippen LogP contribution in [0, 0.1) is 0 Å². The summed E-state index contributed by atoms with van der Waals surface area (Å²) in [6, 6.07) is 6.17. The van der Waals surface area contributed by atoms with Crippen molar-refractivity contribution >= 4 is 23.2 Å². The Bertz CT molecular complexity index is 1550. The van der Waals surface area contributed by atoms with Crippen LogP contribution in [0.5, 0.6) is 11.6 Å². The van der Waals surface area contributed by atoms with E-state index in [-0.39, 0.29) is 31.2 Å². The van der Waals surface area contributed by atoms with Crippen LogP contribution in [0.1, 0.15) is 38.6 Å². The number of halogens is 3. The van der Waals surface area contributed by atoms with Crippen molar-refractivity contribution in [2.24, 2.45) is 0 Å². The Balaban J connectivity index is 1.12. The van der Waals surface area contributed by atoms with E-state index in [1.807, 2.05) is 29.9 Å². The van der Waals surface area contributed by atoms with Gasteiger partial charge in [-0.25, -0.2) is 14.6 Å². The smallest absolute Gasteiger partial charge is 0.345 e. The van der Waals surface area contributed by atoms with E-state index in [0.717, 1.165) is 63.1 Å². The molecule has 3 aromatic heterocycles. The van der Waals surface area contributed by atoms with Gasteiger partial charge in [0.1, 0.15) is 30.5 Å². The third-order valence-electron chi connectivity index (χ3n) is 8.19. The zero-order chi connectivity index (χ0) is 32.6. The molecule has 1 aliphatic heterocycles. The van der Waals surface area contributed by atoms with Crippen LogP contribution in [-0.2, 0) is 16.0 Å².